The van der Waals surface area contributed by atoms with Gasteiger partial charge in [0.2, 0.25) is 10.0 Å². The van der Waals surface area contributed by atoms with E-state index >= 15 is 0 Å². The lowest BCUT2D eigenvalue weighted by molar-refractivity contribution is 0.458. The van der Waals surface area contributed by atoms with Crippen molar-refractivity contribution in [3.05, 3.63) is 71.3 Å². The molecule has 0 amide bonds. The molecule has 0 unspecified atom stereocenters. The van der Waals surface area contributed by atoms with E-state index in [0.29, 0.717) is 4.90 Å². The van der Waals surface area contributed by atoms with Crippen LogP contribution in [0.4, 0.5) is 0 Å². The molecule has 0 aliphatic heterocycles. The molecule has 0 fully saturated rings. The molecule has 0 saturated carbocycles. The Hall–Kier alpha value is -2.37. The number of nitrogens with zero attached hydrogens (tertiary/aromatic N) is 1. The SMILES string of the molecule is CN(Cc1cccc(O)c1)S(=O)(=O)c1ccc2c3c(cccc13)CC2. The number of sulfonamides is 1. The molecule has 1 aliphatic rings. The van der Waals surface area contributed by atoms with E-state index in [-0.39, 0.29) is 12.3 Å². The van der Waals surface area contributed by atoms with E-state index in [1.54, 1.807) is 37.4 Å². The van der Waals surface area contributed by atoms with Crippen LogP contribution in [0.2, 0.25) is 0 Å². The third kappa shape index (κ3) is 2.69. The molecule has 0 spiro atoms. The van der Waals surface area contributed by atoms with Crippen molar-refractivity contribution >= 4 is 20.8 Å². The molecule has 128 valence electrons. The predicted molar refractivity (Wildman–Crippen MR) is 98.1 cm³/mol. The molecule has 0 heterocycles. The highest BCUT2D eigenvalue weighted by Gasteiger charge is 2.26. The van der Waals surface area contributed by atoms with Crippen LogP contribution in [0.15, 0.2) is 59.5 Å². The number of phenols is 1. The van der Waals surface area contributed by atoms with Crippen molar-refractivity contribution in [1.82, 2.24) is 4.31 Å². The van der Waals surface area contributed by atoms with Crippen LogP contribution in [-0.2, 0) is 29.4 Å². The summed E-state index contributed by atoms with van der Waals surface area (Å²) in [6.07, 6.45) is 1.94. The third-order valence-electron chi connectivity index (χ3n) is 4.84. The molecule has 0 atom stereocenters. The zero-order chi connectivity index (χ0) is 17.6. The van der Waals surface area contributed by atoms with Gasteiger partial charge < -0.3 is 5.11 Å². The topological polar surface area (TPSA) is 57.6 Å². The van der Waals surface area contributed by atoms with Crippen LogP contribution in [0, 0.1) is 0 Å². The summed E-state index contributed by atoms with van der Waals surface area (Å²) in [5.74, 6) is 0.133. The molecule has 3 aromatic rings. The summed E-state index contributed by atoms with van der Waals surface area (Å²) >= 11 is 0. The van der Waals surface area contributed by atoms with Crippen LogP contribution >= 0.6 is 0 Å². The molecule has 0 radical (unpaired) electrons. The number of aromatic hydroxyl groups is 1. The minimum atomic E-state index is -3.63. The Labute approximate surface area is 147 Å². The fraction of sp³-hybridized carbons (Fsp3) is 0.200. The molecular weight excluding hydrogens is 334 g/mol. The molecular formula is C20H19NO3S. The van der Waals surface area contributed by atoms with E-state index in [2.05, 4.69) is 6.07 Å². The van der Waals surface area contributed by atoms with Crippen LogP contribution in [0.5, 0.6) is 5.75 Å². The summed E-state index contributed by atoms with van der Waals surface area (Å²) in [7, 11) is -2.06. The van der Waals surface area contributed by atoms with Crippen molar-refractivity contribution in [1.29, 1.82) is 0 Å². The third-order valence-corrected chi connectivity index (χ3v) is 6.70. The maximum Gasteiger partial charge on any atom is 0.243 e. The van der Waals surface area contributed by atoms with Gasteiger partial charge in [0.15, 0.2) is 0 Å². The number of hydrogen-bond donors (Lipinski definition) is 1. The Morgan fingerprint density at radius 3 is 2.48 bits per heavy atom. The van der Waals surface area contributed by atoms with Gasteiger partial charge in [0.25, 0.3) is 0 Å². The van der Waals surface area contributed by atoms with Crippen molar-refractivity contribution < 1.29 is 13.5 Å². The molecule has 0 aromatic heterocycles. The van der Waals surface area contributed by atoms with Gasteiger partial charge in [0.1, 0.15) is 5.75 Å². The van der Waals surface area contributed by atoms with E-state index < -0.39 is 10.0 Å². The molecule has 1 N–H and O–H groups in total. The average Bonchev–Trinajstić information content (AvgIpc) is 3.00. The molecule has 4 rings (SSSR count). The predicted octanol–water partition coefficient (Wildman–Crippen LogP) is 3.46. The number of rotatable bonds is 4. The van der Waals surface area contributed by atoms with E-state index in [0.717, 1.165) is 29.2 Å². The fourth-order valence-corrected chi connectivity index (χ4v) is 4.95. The highest BCUT2D eigenvalue weighted by molar-refractivity contribution is 7.89. The Morgan fingerprint density at radius 2 is 1.72 bits per heavy atom. The van der Waals surface area contributed by atoms with Crippen molar-refractivity contribution in [3.63, 3.8) is 0 Å². The molecule has 0 bridgehead atoms. The first kappa shape index (κ1) is 16.1. The van der Waals surface area contributed by atoms with Gasteiger partial charge >= 0.3 is 0 Å². The number of benzene rings is 3. The number of phenolic OH excluding ortho intramolecular Hbond substituents is 1. The molecule has 3 aromatic carbocycles. The first-order valence-electron chi connectivity index (χ1n) is 8.24. The molecule has 4 nitrogen and oxygen atoms in total. The largest absolute Gasteiger partial charge is 0.508 e. The summed E-state index contributed by atoms with van der Waals surface area (Å²) in [6.45, 7) is 0.208. The van der Waals surface area contributed by atoms with Gasteiger partial charge in [-0.25, -0.2) is 8.42 Å². The first-order valence-corrected chi connectivity index (χ1v) is 9.68. The van der Waals surface area contributed by atoms with Gasteiger partial charge in [0, 0.05) is 19.0 Å². The van der Waals surface area contributed by atoms with Crippen molar-refractivity contribution in [2.24, 2.45) is 0 Å². The monoisotopic (exact) mass is 353 g/mol. The standard InChI is InChI=1S/C20H19NO3S/c1-21(13-14-4-2-6-17(22)12-14)25(23,24)19-11-10-16-9-8-15-5-3-7-18(19)20(15)16/h2-7,10-12,22H,8-9,13H2,1H3. The minimum absolute atomic E-state index is 0.133. The second-order valence-corrected chi connectivity index (χ2v) is 8.51. The zero-order valence-corrected chi connectivity index (χ0v) is 14.8. The summed E-state index contributed by atoms with van der Waals surface area (Å²) < 4.78 is 27.6. The molecule has 1 aliphatic carbocycles. The Kier molecular flexibility index (Phi) is 3.78. The second kappa shape index (κ2) is 5.86. The van der Waals surface area contributed by atoms with Crippen molar-refractivity contribution in [3.8, 4) is 5.75 Å². The Bertz CT molecular complexity index is 1060. The summed E-state index contributed by atoms with van der Waals surface area (Å²) in [6, 6.07) is 16.2. The van der Waals surface area contributed by atoms with Crippen LogP contribution < -0.4 is 0 Å². The van der Waals surface area contributed by atoms with Crippen LogP contribution in [0.25, 0.3) is 10.8 Å². The molecule has 25 heavy (non-hydrogen) atoms. The van der Waals surface area contributed by atoms with Gasteiger partial charge in [-0.2, -0.15) is 4.31 Å². The lowest BCUT2D eigenvalue weighted by Crippen LogP contribution is -2.26. The highest BCUT2D eigenvalue weighted by Crippen LogP contribution is 2.35. The van der Waals surface area contributed by atoms with Crippen LogP contribution in [-0.4, -0.2) is 24.9 Å². The highest BCUT2D eigenvalue weighted by atomic mass is 32.2. The van der Waals surface area contributed by atoms with Gasteiger partial charge in [-0.15, -0.1) is 0 Å². The normalized spacial score (nSPS) is 13.7. The molecule has 5 heteroatoms. The summed E-state index contributed by atoms with van der Waals surface area (Å²) in [5.41, 5.74) is 3.19. The van der Waals surface area contributed by atoms with E-state index in [1.807, 2.05) is 18.2 Å². The smallest absolute Gasteiger partial charge is 0.243 e. The minimum Gasteiger partial charge on any atom is -0.508 e. The fourth-order valence-electron chi connectivity index (χ4n) is 3.61. The zero-order valence-electron chi connectivity index (χ0n) is 13.9. The van der Waals surface area contributed by atoms with E-state index in [4.69, 9.17) is 0 Å². The lowest BCUT2D eigenvalue weighted by atomic mass is 10.1. The first-order chi connectivity index (χ1) is 12.0. The Balaban J connectivity index is 1.77. The maximum absolute atomic E-state index is 13.1. The Morgan fingerprint density at radius 1 is 1.00 bits per heavy atom. The number of aryl methyl sites for hydroxylation is 2. The average molecular weight is 353 g/mol. The maximum atomic E-state index is 13.1. The van der Waals surface area contributed by atoms with Crippen molar-refractivity contribution in [2.45, 2.75) is 24.3 Å². The van der Waals surface area contributed by atoms with Gasteiger partial charge in [-0.05, 0) is 53.1 Å². The lowest BCUT2D eigenvalue weighted by Gasteiger charge is -2.19. The quantitative estimate of drug-likeness (QED) is 0.781. The summed E-state index contributed by atoms with van der Waals surface area (Å²) in [5, 5.41) is 11.5. The second-order valence-electron chi connectivity index (χ2n) is 6.49. The van der Waals surface area contributed by atoms with E-state index in [9.17, 15) is 13.5 Å². The summed E-state index contributed by atoms with van der Waals surface area (Å²) in [4.78, 5) is 0.345. The molecule has 0 saturated heterocycles. The number of hydrogen-bond acceptors (Lipinski definition) is 3. The van der Waals surface area contributed by atoms with Crippen LogP contribution in [0.1, 0.15) is 16.7 Å². The van der Waals surface area contributed by atoms with Crippen LogP contribution in [0.3, 0.4) is 0 Å². The van der Waals surface area contributed by atoms with Gasteiger partial charge in [0.05, 0.1) is 4.90 Å². The van der Waals surface area contributed by atoms with E-state index in [1.165, 1.54) is 15.4 Å². The van der Waals surface area contributed by atoms with Crippen molar-refractivity contribution in [2.75, 3.05) is 7.05 Å². The van der Waals surface area contributed by atoms with Gasteiger partial charge in [-0.1, -0.05) is 36.4 Å². The van der Waals surface area contributed by atoms with Gasteiger partial charge in [-0.3, -0.25) is 0 Å².